The molecule has 0 aliphatic heterocycles. The van der Waals surface area contributed by atoms with Crippen molar-refractivity contribution in [2.24, 2.45) is 0 Å². The fraction of sp³-hybridized carbons (Fsp3) is 0.231. The fourth-order valence-electron chi connectivity index (χ4n) is 1.53. The van der Waals surface area contributed by atoms with Gasteiger partial charge in [-0.25, -0.2) is 9.18 Å². The van der Waals surface area contributed by atoms with Gasteiger partial charge in [0.25, 0.3) is 0 Å². The summed E-state index contributed by atoms with van der Waals surface area (Å²) in [5, 5.41) is 8.93. The number of hydrogen-bond donors (Lipinski definition) is 1. The van der Waals surface area contributed by atoms with E-state index in [1.165, 1.54) is 30.5 Å². The van der Waals surface area contributed by atoms with Crippen molar-refractivity contribution in [3.8, 4) is 11.8 Å². The van der Waals surface area contributed by atoms with Gasteiger partial charge in [-0.3, -0.25) is 4.57 Å². The van der Waals surface area contributed by atoms with Crippen LogP contribution in [-0.2, 0) is 0 Å². The molecule has 1 aromatic heterocycles. The first-order chi connectivity index (χ1) is 8.97. The van der Waals surface area contributed by atoms with Crippen LogP contribution in [0.3, 0.4) is 0 Å². The van der Waals surface area contributed by atoms with Gasteiger partial charge in [0, 0.05) is 12.2 Å². The first kappa shape index (κ1) is 13.1. The van der Waals surface area contributed by atoms with Gasteiger partial charge in [0.15, 0.2) is 5.69 Å². The van der Waals surface area contributed by atoms with Crippen LogP contribution in [0.5, 0.6) is 11.8 Å². The average Bonchev–Trinajstić information content (AvgIpc) is 2.76. The molecular formula is C13H13FN2O3. The van der Waals surface area contributed by atoms with Gasteiger partial charge in [-0.1, -0.05) is 0 Å². The highest BCUT2D eigenvalue weighted by atomic mass is 19.1. The highest BCUT2D eigenvalue weighted by Crippen LogP contribution is 2.24. The Morgan fingerprint density at radius 1 is 1.37 bits per heavy atom. The molecule has 2 rings (SSSR count). The molecule has 5 nitrogen and oxygen atoms in total. The van der Waals surface area contributed by atoms with Crippen molar-refractivity contribution in [3.05, 3.63) is 42.0 Å². The lowest BCUT2D eigenvalue weighted by Gasteiger charge is -2.11. The van der Waals surface area contributed by atoms with Crippen LogP contribution in [-0.4, -0.2) is 20.6 Å². The molecule has 0 spiro atoms. The summed E-state index contributed by atoms with van der Waals surface area (Å²) >= 11 is 0. The molecule has 0 radical (unpaired) electrons. The van der Waals surface area contributed by atoms with Gasteiger partial charge in [-0.15, -0.1) is 0 Å². The predicted molar refractivity (Wildman–Crippen MR) is 66.0 cm³/mol. The van der Waals surface area contributed by atoms with E-state index in [-0.39, 0.29) is 23.6 Å². The number of carboxylic acids is 1. The lowest BCUT2D eigenvalue weighted by atomic mass is 10.3. The van der Waals surface area contributed by atoms with E-state index >= 15 is 0 Å². The van der Waals surface area contributed by atoms with Crippen LogP contribution < -0.4 is 4.74 Å². The van der Waals surface area contributed by atoms with Crippen LogP contribution in [0.2, 0.25) is 0 Å². The van der Waals surface area contributed by atoms with Gasteiger partial charge in [-0.05, 0) is 38.1 Å². The molecule has 0 saturated heterocycles. The number of rotatable bonds is 4. The van der Waals surface area contributed by atoms with E-state index in [9.17, 15) is 9.18 Å². The standard InChI is InChI=1S/C13H13FN2O3/c1-8(2)16-7-11(12(17)18)15-13(16)19-10-5-3-9(14)4-6-10/h3-8H,1-2H3,(H,17,18). The molecule has 1 N–H and O–H groups in total. The van der Waals surface area contributed by atoms with Crippen molar-refractivity contribution < 1.29 is 19.0 Å². The van der Waals surface area contributed by atoms with Crippen LogP contribution in [0.4, 0.5) is 4.39 Å². The van der Waals surface area contributed by atoms with Gasteiger partial charge in [0.1, 0.15) is 11.6 Å². The monoisotopic (exact) mass is 264 g/mol. The Morgan fingerprint density at radius 3 is 2.53 bits per heavy atom. The molecule has 0 aliphatic rings. The fourth-order valence-corrected chi connectivity index (χ4v) is 1.53. The van der Waals surface area contributed by atoms with Gasteiger partial charge in [0.05, 0.1) is 0 Å². The SMILES string of the molecule is CC(C)n1cc(C(=O)O)nc1Oc1ccc(F)cc1. The van der Waals surface area contributed by atoms with Crippen molar-refractivity contribution in [1.82, 2.24) is 9.55 Å². The lowest BCUT2D eigenvalue weighted by Crippen LogP contribution is -2.02. The molecule has 0 fully saturated rings. The maximum Gasteiger partial charge on any atom is 0.356 e. The molecule has 6 heteroatoms. The number of halogens is 1. The van der Waals surface area contributed by atoms with E-state index < -0.39 is 5.97 Å². The Balaban J connectivity index is 2.32. The smallest absolute Gasteiger partial charge is 0.356 e. The Labute approximate surface area is 109 Å². The number of benzene rings is 1. The molecule has 0 aliphatic carbocycles. The van der Waals surface area contributed by atoms with Gasteiger partial charge in [-0.2, -0.15) is 4.98 Å². The molecule has 2 aromatic rings. The van der Waals surface area contributed by atoms with Crippen LogP contribution in [0.1, 0.15) is 30.4 Å². The second-order valence-corrected chi connectivity index (χ2v) is 4.27. The summed E-state index contributed by atoms with van der Waals surface area (Å²) in [6.45, 7) is 3.76. The molecule has 0 bridgehead atoms. The third-order valence-corrected chi connectivity index (χ3v) is 2.50. The maximum atomic E-state index is 12.8. The number of nitrogens with zero attached hydrogens (tertiary/aromatic N) is 2. The third-order valence-electron chi connectivity index (χ3n) is 2.50. The van der Waals surface area contributed by atoms with Gasteiger partial charge < -0.3 is 9.84 Å². The zero-order chi connectivity index (χ0) is 14.0. The minimum absolute atomic E-state index is 0.00366. The zero-order valence-electron chi connectivity index (χ0n) is 10.5. The molecular weight excluding hydrogens is 251 g/mol. The molecule has 0 amide bonds. The van der Waals surface area contributed by atoms with Crippen LogP contribution in [0.15, 0.2) is 30.5 Å². The first-order valence-electron chi connectivity index (χ1n) is 5.73. The Bertz CT molecular complexity index is 590. The number of carbonyl (C=O) groups is 1. The van der Waals surface area contributed by atoms with Crippen LogP contribution >= 0.6 is 0 Å². The Kier molecular flexibility index (Phi) is 3.50. The minimum Gasteiger partial charge on any atom is -0.476 e. The summed E-state index contributed by atoms with van der Waals surface area (Å²) in [5.41, 5.74) is -0.0918. The summed E-state index contributed by atoms with van der Waals surface area (Å²) in [4.78, 5) is 14.8. The highest BCUT2D eigenvalue weighted by molar-refractivity contribution is 5.85. The molecule has 1 heterocycles. The number of imidazole rings is 1. The average molecular weight is 264 g/mol. The Hall–Kier alpha value is -2.37. The number of ether oxygens (including phenoxy) is 1. The third kappa shape index (κ3) is 2.90. The molecule has 0 saturated carbocycles. The number of aromatic nitrogens is 2. The second-order valence-electron chi connectivity index (χ2n) is 4.27. The van der Waals surface area contributed by atoms with Crippen molar-refractivity contribution in [3.63, 3.8) is 0 Å². The zero-order valence-corrected chi connectivity index (χ0v) is 10.5. The van der Waals surface area contributed by atoms with Crippen LogP contribution in [0, 0.1) is 5.82 Å². The second kappa shape index (κ2) is 5.09. The molecule has 0 unspecified atom stereocenters. The maximum absolute atomic E-state index is 12.8. The number of hydrogen-bond acceptors (Lipinski definition) is 3. The van der Waals surface area contributed by atoms with E-state index in [0.717, 1.165) is 0 Å². The quantitative estimate of drug-likeness (QED) is 0.921. The van der Waals surface area contributed by atoms with E-state index in [0.29, 0.717) is 5.75 Å². The normalized spacial score (nSPS) is 10.7. The van der Waals surface area contributed by atoms with Crippen molar-refractivity contribution in [1.29, 1.82) is 0 Å². The van der Waals surface area contributed by atoms with E-state index in [1.54, 1.807) is 4.57 Å². The van der Waals surface area contributed by atoms with Gasteiger partial charge in [0.2, 0.25) is 0 Å². The van der Waals surface area contributed by atoms with Gasteiger partial charge >= 0.3 is 12.0 Å². The van der Waals surface area contributed by atoms with E-state index in [2.05, 4.69) is 4.98 Å². The minimum atomic E-state index is -1.12. The lowest BCUT2D eigenvalue weighted by molar-refractivity contribution is 0.0690. The summed E-state index contributed by atoms with van der Waals surface area (Å²) in [7, 11) is 0. The molecule has 100 valence electrons. The highest BCUT2D eigenvalue weighted by Gasteiger charge is 2.16. The largest absolute Gasteiger partial charge is 0.476 e. The summed E-state index contributed by atoms with van der Waals surface area (Å²) in [6, 6.07) is 5.59. The van der Waals surface area contributed by atoms with E-state index in [1.807, 2.05) is 13.8 Å². The summed E-state index contributed by atoms with van der Waals surface area (Å²) < 4.78 is 19.9. The first-order valence-corrected chi connectivity index (χ1v) is 5.73. The van der Waals surface area contributed by atoms with Crippen LogP contribution in [0.25, 0.3) is 0 Å². The van der Waals surface area contributed by atoms with Crippen molar-refractivity contribution >= 4 is 5.97 Å². The molecule has 19 heavy (non-hydrogen) atoms. The molecule has 0 atom stereocenters. The molecule has 1 aromatic carbocycles. The number of aromatic carboxylic acids is 1. The van der Waals surface area contributed by atoms with Crippen molar-refractivity contribution in [2.45, 2.75) is 19.9 Å². The predicted octanol–water partition coefficient (Wildman–Crippen LogP) is 3.09. The Morgan fingerprint density at radius 2 is 2.00 bits per heavy atom. The summed E-state index contributed by atoms with van der Waals surface area (Å²) in [6.07, 6.45) is 1.41. The van der Waals surface area contributed by atoms with E-state index in [4.69, 9.17) is 9.84 Å². The van der Waals surface area contributed by atoms with Crippen molar-refractivity contribution in [2.75, 3.05) is 0 Å². The number of carboxylic acid groups (broad SMARTS) is 1. The summed E-state index contributed by atoms with van der Waals surface area (Å²) in [5.74, 6) is -1.10. The topological polar surface area (TPSA) is 64.4 Å².